The zero-order chi connectivity index (χ0) is 15.2. The van der Waals surface area contributed by atoms with E-state index < -0.39 is 0 Å². The fourth-order valence-electron chi connectivity index (χ4n) is 4.22. The smallest absolute Gasteiger partial charge is 0.0364 e. The van der Waals surface area contributed by atoms with E-state index in [1.165, 1.54) is 33.4 Å². The molecular weight excluding hydrogens is 278 g/mol. The lowest BCUT2D eigenvalue weighted by atomic mass is 9.84. The Morgan fingerprint density at radius 2 is 1.48 bits per heavy atom. The first-order chi connectivity index (χ1) is 11.4. The SMILES string of the molecule is c1ccc(-c2ccc3c(c2)C2CNC(C3)c3ccccc32)cc1. The van der Waals surface area contributed by atoms with Crippen LogP contribution in [0.15, 0.2) is 72.8 Å². The van der Waals surface area contributed by atoms with Gasteiger partial charge in [0.05, 0.1) is 0 Å². The normalized spacial score (nSPS) is 21.4. The maximum atomic E-state index is 3.74. The molecule has 2 aliphatic heterocycles. The topological polar surface area (TPSA) is 12.0 Å². The molecule has 3 aromatic carbocycles. The lowest BCUT2D eigenvalue weighted by molar-refractivity contribution is 0.500. The number of hydrogen-bond donors (Lipinski definition) is 1. The van der Waals surface area contributed by atoms with Gasteiger partial charge in [0.2, 0.25) is 0 Å². The van der Waals surface area contributed by atoms with Gasteiger partial charge in [-0.2, -0.15) is 0 Å². The van der Waals surface area contributed by atoms with Crippen molar-refractivity contribution < 1.29 is 0 Å². The first kappa shape index (κ1) is 13.1. The highest BCUT2D eigenvalue weighted by Crippen LogP contribution is 2.42. The molecule has 0 radical (unpaired) electrons. The summed E-state index contributed by atoms with van der Waals surface area (Å²) >= 11 is 0. The molecule has 2 atom stereocenters. The van der Waals surface area contributed by atoms with Crippen molar-refractivity contribution in [2.75, 3.05) is 6.54 Å². The summed E-state index contributed by atoms with van der Waals surface area (Å²) in [7, 11) is 0. The van der Waals surface area contributed by atoms with Crippen molar-refractivity contribution in [2.24, 2.45) is 0 Å². The van der Waals surface area contributed by atoms with Gasteiger partial charge in [-0.1, -0.05) is 72.8 Å². The van der Waals surface area contributed by atoms with Gasteiger partial charge in [0.1, 0.15) is 0 Å². The van der Waals surface area contributed by atoms with Gasteiger partial charge in [0, 0.05) is 18.5 Å². The second kappa shape index (κ2) is 5.07. The minimum absolute atomic E-state index is 0.464. The van der Waals surface area contributed by atoms with E-state index in [4.69, 9.17) is 0 Å². The van der Waals surface area contributed by atoms with Crippen LogP contribution in [0.1, 0.15) is 34.2 Å². The number of benzene rings is 3. The minimum Gasteiger partial charge on any atom is -0.309 e. The summed E-state index contributed by atoms with van der Waals surface area (Å²) in [6.07, 6.45) is 1.10. The lowest BCUT2D eigenvalue weighted by Gasteiger charge is -2.29. The largest absolute Gasteiger partial charge is 0.309 e. The molecule has 0 amide bonds. The van der Waals surface area contributed by atoms with E-state index >= 15 is 0 Å². The highest BCUT2D eigenvalue weighted by molar-refractivity contribution is 5.66. The van der Waals surface area contributed by atoms with Gasteiger partial charge in [-0.15, -0.1) is 0 Å². The Balaban J connectivity index is 1.69. The Kier molecular flexibility index (Phi) is 2.89. The predicted molar refractivity (Wildman–Crippen MR) is 94.6 cm³/mol. The molecule has 2 unspecified atom stereocenters. The summed E-state index contributed by atoms with van der Waals surface area (Å²) in [5.74, 6) is 0.476. The molecule has 2 heterocycles. The highest BCUT2D eigenvalue weighted by Gasteiger charge is 2.33. The molecule has 0 aromatic heterocycles. The van der Waals surface area contributed by atoms with Crippen LogP contribution < -0.4 is 5.32 Å². The average molecular weight is 297 g/mol. The molecule has 3 aromatic rings. The first-order valence-electron chi connectivity index (χ1n) is 8.40. The van der Waals surface area contributed by atoms with Crippen LogP contribution in [0, 0.1) is 0 Å². The van der Waals surface area contributed by atoms with E-state index in [0.717, 1.165) is 13.0 Å². The Bertz CT molecular complexity index is 866. The molecule has 0 spiro atoms. The van der Waals surface area contributed by atoms with Crippen LogP contribution >= 0.6 is 0 Å². The van der Waals surface area contributed by atoms with Crippen molar-refractivity contribution in [3.63, 3.8) is 0 Å². The van der Waals surface area contributed by atoms with Gasteiger partial charge in [-0.05, 0) is 39.8 Å². The van der Waals surface area contributed by atoms with Crippen LogP contribution in [0.2, 0.25) is 0 Å². The molecular formula is C22H19N. The van der Waals surface area contributed by atoms with Gasteiger partial charge < -0.3 is 5.32 Å². The van der Waals surface area contributed by atoms with Crippen molar-refractivity contribution >= 4 is 0 Å². The molecule has 1 nitrogen and oxygen atoms in total. The van der Waals surface area contributed by atoms with Gasteiger partial charge in [0.15, 0.2) is 0 Å². The molecule has 3 aliphatic rings. The zero-order valence-electron chi connectivity index (χ0n) is 13.0. The third-order valence-electron chi connectivity index (χ3n) is 5.37. The van der Waals surface area contributed by atoms with Gasteiger partial charge in [-0.25, -0.2) is 0 Å². The van der Waals surface area contributed by atoms with E-state index in [2.05, 4.69) is 78.1 Å². The molecule has 0 fully saturated rings. The van der Waals surface area contributed by atoms with E-state index in [0.29, 0.717) is 12.0 Å². The first-order valence-corrected chi connectivity index (χ1v) is 8.40. The Hall–Kier alpha value is -2.38. The Morgan fingerprint density at radius 1 is 0.696 bits per heavy atom. The Morgan fingerprint density at radius 3 is 2.35 bits per heavy atom. The van der Waals surface area contributed by atoms with E-state index in [-0.39, 0.29) is 0 Å². The molecule has 0 saturated carbocycles. The van der Waals surface area contributed by atoms with Gasteiger partial charge >= 0.3 is 0 Å². The van der Waals surface area contributed by atoms with Crippen molar-refractivity contribution in [2.45, 2.75) is 18.4 Å². The van der Waals surface area contributed by atoms with Crippen LogP contribution in [-0.4, -0.2) is 6.54 Å². The lowest BCUT2D eigenvalue weighted by Crippen LogP contribution is -2.31. The van der Waals surface area contributed by atoms with E-state index in [9.17, 15) is 0 Å². The monoisotopic (exact) mass is 297 g/mol. The van der Waals surface area contributed by atoms with Crippen molar-refractivity contribution in [1.29, 1.82) is 0 Å². The standard InChI is InChI=1S/C22H19N/c1-2-6-15(7-3-1)16-10-11-17-13-22-19-9-5-4-8-18(19)21(14-23-22)20(17)12-16/h1-12,21-23H,13-14H2. The maximum absolute atomic E-state index is 3.74. The Labute approximate surface area is 137 Å². The summed E-state index contributed by atoms with van der Waals surface area (Å²) in [5.41, 5.74) is 8.64. The van der Waals surface area contributed by atoms with Crippen LogP contribution in [0.25, 0.3) is 11.1 Å². The number of fused-ring (bicyclic) bond motifs is 1. The fourth-order valence-corrected chi connectivity index (χ4v) is 4.22. The van der Waals surface area contributed by atoms with Gasteiger partial charge in [0.25, 0.3) is 0 Å². The molecule has 23 heavy (non-hydrogen) atoms. The van der Waals surface area contributed by atoms with Crippen molar-refractivity contribution in [1.82, 2.24) is 5.32 Å². The number of rotatable bonds is 1. The van der Waals surface area contributed by atoms with Crippen molar-refractivity contribution in [3.05, 3.63) is 95.1 Å². The molecule has 112 valence electrons. The molecule has 0 saturated heterocycles. The van der Waals surface area contributed by atoms with Crippen molar-refractivity contribution in [3.8, 4) is 11.1 Å². The highest BCUT2D eigenvalue weighted by atomic mass is 14.9. The summed E-state index contributed by atoms with van der Waals surface area (Å²) < 4.78 is 0. The summed E-state index contributed by atoms with van der Waals surface area (Å²) in [6, 6.07) is 27.2. The third-order valence-corrected chi connectivity index (χ3v) is 5.37. The summed E-state index contributed by atoms with van der Waals surface area (Å²) in [5, 5.41) is 3.74. The van der Waals surface area contributed by atoms with Crippen LogP contribution in [0.4, 0.5) is 0 Å². The van der Waals surface area contributed by atoms with Crippen LogP contribution in [0.3, 0.4) is 0 Å². The van der Waals surface area contributed by atoms with Crippen LogP contribution in [-0.2, 0) is 6.42 Å². The second-order valence-electron chi connectivity index (χ2n) is 6.63. The molecule has 1 heteroatoms. The minimum atomic E-state index is 0.464. The molecule has 6 rings (SSSR count). The summed E-state index contributed by atoms with van der Waals surface area (Å²) in [4.78, 5) is 0. The average Bonchev–Trinajstić information content (AvgIpc) is 2.89. The second-order valence-corrected chi connectivity index (χ2v) is 6.63. The summed E-state index contributed by atoms with van der Waals surface area (Å²) in [6.45, 7) is 1.05. The predicted octanol–water partition coefficient (Wildman–Crippen LogP) is 4.69. The molecule has 1 N–H and O–H groups in total. The third kappa shape index (κ3) is 2.04. The van der Waals surface area contributed by atoms with Crippen LogP contribution in [0.5, 0.6) is 0 Å². The zero-order valence-corrected chi connectivity index (χ0v) is 13.0. The maximum Gasteiger partial charge on any atom is 0.0364 e. The van der Waals surface area contributed by atoms with Gasteiger partial charge in [-0.3, -0.25) is 0 Å². The number of nitrogens with one attached hydrogen (secondary N) is 1. The number of hydrogen-bond acceptors (Lipinski definition) is 1. The van der Waals surface area contributed by atoms with E-state index in [1.54, 1.807) is 0 Å². The molecule has 1 aliphatic carbocycles. The molecule has 2 bridgehead atoms. The van der Waals surface area contributed by atoms with E-state index in [1.807, 2.05) is 0 Å². The quantitative estimate of drug-likeness (QED) is 0.687. The fraction of sp³-hybridized carbons (Fsp3) is 0.182.